The lowest BCUT2D eigenvalue weighted by Gasteiger charge is -2.21. The van der Waals surface area contributed by atoms with Gasteiger partial charge in [-0.15, -0.1) is 11.6 Å². The van der Waals surface area contributed by atoms with Crippen LogP contribution >= 0.6 is 11.6 Å². The first-order chi connectivity index (χ1) is 14.4. The molecule has 7 nitrogen and oxygen atoms in total. The van der Waals surface area contributed by atoms with Gasteiger partial charge in [0.05, 0.1) is 12.2 Å². The summed E-state index contributed by atoms with van der Waals surface area (Å²) < 4.78 is 15.3. The number of hydrogen-bond acceptors (Lipinski definition) is 6. The van der Waals surface area contributed by atoms with Gasteiger partial charge in [0.25, 0.3) is 0 Å². The van der Waals surface area contributed by atoms with E-state index in [-0.39, 0.29) is 19.8 Å². The molecule has 160 valence electrons. The number of rotatable bonds is 9. The van der Waals surface area contributed by atoms with Gasteiger partial charge in [-0.25, -0.2) is 14.4 Å². The number of carbonyl (C=O) groups excluding carboxylic acids is 3. The molecule has 8 heteroatoms. The van der Waals surface area contributed by atoms with Crippen LogP contribution < -0.4 is 5.32 Å². The molecule has 2 rings (SSSR count). The fourth-order valence-electron chi connectivity index (χ4n) is 2.54. The summed E-state index contributed by atoms with van der Waals surface area (Å²) in [5.41, 5.74) is 1.89. The molecule has 0 heterocycles. The van der Waals surface area contributed by atoms with Crippen LogP contribution in [-0.4, -0.2) is 42.7 Å². The second-order valence-corrected chi connectivity index (χ2v) is 6.91. The number of aryl methyl sites for hydroxylation is 1. The van der Waals surface area contributed by atoms with E-state index in [2.05, 4.69) is 5.32 Å². The third-order valence-corrected chi connectivity index (χ3v) is 4.45. The summed E-state index contributed by atoms with van der Waals surface area (Å²) in [5.74, 6) is -1.53. The number of alkyl carbamates (subject to hydrolysis) is 1. The highest BCUT2D eigenvalue weighted by Gasteiger charge is 2.34. The van der Waals surface area contributed by atoms with Gasteiger partial charge in [0.2, 0.25) is 6.10 Å². The molecule has 0 saturated carbocycles. The number of alkyl halides is 1. The Morgan fingerprint density at radius 1 is 1.00 bits per heavy atom. The van der Waals surface area contributed by atoms with Gasteiger partial charge in [0.1, 0.15) is 12.0 Å². The zero-order valence-electron chi connectivity index (χ0n) is 16.8. The first-order valence-electron chi connectivity index (χ1n) is 9.44. The molecule has 2 aromatic rings. The van der Waals surface area contributed by atoms with Crippen molar-refractivity contribution >= 4 is 29.6 Å². The van der Waals surface area contributed by atoms with Gasteiger partial charge in [-0.05, 0) is 31.0 Å². The Hall–Kier alpha value is -3.06. The Morgan fingerprint density at radius 3 is 2.33 bits per heavy atom. The van der Waals surface area contributed by atoms with E-state index in [9.17, 15) is 14.4 Å². The third kappa shape index (κ3) is 7.08. The molecule has 0 bridgehead atoms. The van der Waals surface area contributed by atoms with Gasteiger partial charge in [-0.1, -0.05) is 48.5 Å². The first-order valence-corrected chi connectivity index (χ1v) is 9.87. The fourth-order valence-corrected chi connectivity index (χ4v) is 2.76. The van der Waals surface area contributed by atoms with E-state index in [1.54, 1.807) is 38.1 Å². The van der Waals surface area contributed by atoms with E-state index in [0.29, 0.717) is 11.1 Å². The van der Waals surface area contributed by atoms with Crippen molar-refractivity contribution in [2.24, 2.45) is 0 Å². The molecular formula is C22H24ClNO6. The molecule has 1 N–H and O–H groups in total. The fraction of sp³-hybridized carbons (Fsp3) is 0.318. The normalized spacial score (nSPS) is 12.4. The third-order valence-electron chi connectivity index (χ3n) is 4.10. The summed E-state index contributed by atoms with van der Waals surface area (Å²) in [7, 11) is 0. The lowest BCUT2D eigenvalue weighted by atomic mass is 10.1. The van der Waals surface area contributed by atoms with Crippen molar-refractivity contribution in [3.63, 3.8) is 0 Å². The molecule has 0 radical (unpaired) electrons. The molecule has 0 aliphatic carbocycles. The van der Waals surface area contributed by atoms with Gasteiger partial charge >= 0.3 is 18.0 Å². The summed E-state index contributed by atoms with van der Waals surface area (Å²) in [4.78, 5) is 36.6. The first kappa shape index (κ1) is 23.2. The minimum Gasteiger partial charge on any atom is -0.463 e. The maximum Gasteiger partial charge on any atom is 0.407 e. The second kappa shape index (κ2) is 11.8. The summed E-state index contributed by atoms with van der Waals surface area (Å²) in [6.07, 6.45) is -2.14. The Balaban J connectivity index is 1.94. The minimum atomic E-state index is -1.43. The van der Waals surface area contributed by atoms with Crippen LogP contribution in [0.25, 0.3) is 0 Å². The van der Waals surface area contributed by atoms with Gasteiger partial charge in [-0.2, -0.15) is 0 Å². The van der Waals surface area contributed by atoms with E-state index in [4.69, 9.17) is 25.8 Å². The zero-order valence-corrected chi connectivity index (χ0v) is 17.6. The molecule has 2 atom stereocenters. The summed E-state index contributed by atoms with van der Waals surface area (Å²) >= 11 is 6.23. The molecule has 0 fully saturated rings. The number of esters is 2. The highest BCUT2D eigenvalue weighted by Crippen LogP contribution is 2.16. The van der Waals surface area contributed by atoms with Gasteiger partial charge in [0, 0.05) is 6.54 Å². The van der Waals surface area contributed by atoms with Crippen molar-refractivity contribution in [1.82, 2.24) is 5.32 Å². The second-order valence-electron chi connectivity index (χ2n) is 6.35. The molecular weight excluding hydrogens is 410 g/mol. The number of carbonyl (C=O) groups is 3. The van der Waals surface area contributed by atoms with Crippen molar-refractivity contribution in [1.29, 1.82) is 0 Å². The Morgan fingerprint density at radius 2 is 1.67 bits per heavy atom. The molecule has 1 amide bonds. The molecule has 0 saturated heterocycles. The number of nitrogens with one attached hydrogen (secondary N) is 1. The Kier molecular flexibility index (Phi) is 9.15. The number of amides is 1. The van der Waals surface area contributed by atoms with Crippen molar-refractivity contribution in [3.8, 4) is 0 Å². The zero-order chi connectivity index (χ0) is 21.9. The average molecular weight is 434 g/mol. The van der Waals surface area contributed by atoms with Crippen molar-refractivity contribution in [3.05, 3.63) is 71.3 Å². The molecule has 2 aromatic carbocycles. The van der Waals surface area contributed by atoms with Crippen LogP contribution in [0.3, 0.4) is 0 Å². The summed E-state index contributed by atoms with van der Waals surface area (Å²) in [6.45, 7) is 3.37. The largest absolute Gasteiger partial charge is 0.463 e. The number of hydrogen-bond donors (Lipinski definition) is 1. The van der Waals surface area contributed by atoms with Crippen LogP contribution in [-0.2, 0) is 25.5 Å². The van der Waals surface area contributed by atoms with Crippen molar-refractivity contribution < 1.29 is 28.6 Å². The van der Waals surface area contributed by atoms with Gasteiger partial charge < -0.3 is 19.5 Å². The van der Waals surface area contributed by atoms with Crippen LogP contribution in [0.15, 0.2) is 54.6 Å². The van der Waals surface area contributed by atoms with Gasteiger partial charge in [-0.3, -0.25) is 0 Å². The van der Waals surface area contributed by atoms with E-state index < -0.39 is 29.5 Å². The maximum atomic E-state index is 12.5. The van der Waals surface area contributed by atoms with Crippen LogP contribution in [0, 0.1) is 6.92 Å². The minimum absolute atomic E-state index is 0.0826. The summed E-state index contributed by atoms with van der Waals surface area (Å²) in [5, 5.41) is 1.45. The van der Waals surface area contributed by atoms with Crippen molar-refractivity contribution in [2.75, 3.05) is 13.2 Å². The molecule has 30 heavy (non-hydrogen) atoms. The lowest BCUT2D eigenvalue weighted by molar-refractivity contribution is -0.154. The standard InChI is InChI=1S/C22H24ClNO6/c1-3-28-21(26)19(30-20(25)17-12-8-7-9-15(17)2)18(23)14-29-22(27)24-13-16-10-5-4-6-11-16/h4-12,18-19H,3,13-14H2,1-2H3,(H,24,27)/t18-,19+/m0/s1. The Bertz CT molecular complexity index is 858. The number of ether oxygens (including phenoxy) is 3. The van der Waals surface area contributed by atoms with E-state index in [1.807, 2.05) is 30.3 Å². The smallest absolute Gasteiger partial charge is 0.407 e. The Labute approximate surface area is 180 Å². The topological polar surface area (TPSA) is 90.9 Å². The number of benzene rings is 2. The monoisotopic (exact) mass is 433 g/mol. The molecule has 0 spiro atoms. The highest BCUT2D eigenvalue weighted by atomic mass is 35.5. The van der Waals surface area contributed by atoms with E-state index >= 15 is 0 Å². The van der Waals surface area contributed by atoms with Gasteiger partial charge in [0.15, 0.2) is 0 Å². The predicted octanol–water partition coefficient (Wildman–Crippen LogP) is 3.62. The molecule has 0 aliphatic rings. The van der Waals surface area contributed by atoms with Crippen LogP contribution in [0.2, 0.25) is 0 Å². The van der Waals surface area contributed by atoms with Crippen LogP contribution in [0.5, 0.6) is 0 Å². The van der Waals surface area contributed by atoms with Crippen LogP contribution in [0.1, 0.15) is 28.4 Å². The molecule has 0 aromatic heterocycles. The summed E-state index contributed by atoms with van der Waals surface area (Å²) in [6, 6.07) is 16.1. The average Bonchev–Trinajstić information content (AvgIpc) is 2.75. The SMILES string of the molecule is CCOC(=O)[C@H](OC(=O)c1ccccc1C)[C@@H](Cl)COC(=O)NCc1ccccc1. The quantitative estimate of drug-likeness (QED) is 0.369. The van der Waals surface area contributed by atoms with E-state index in [0.717, 1.165) is 5.56 Å². The molecule has 0 aliphatic heterocycles. The van der Waals surface area contributed by atoms with Crippen molar-refractivity contribution in [2.45, 2.75) is 31.9 Å². The predicted molar refractivity (Wildman–Crippen MR) is 111 cm³/mol. The van der Waals surface area contributed by atoms with E-state index in [1.165, 1.54) is 0 Å². The molecule has 0 unspecified atom stereocenters. The number of halogens is 1. The lowest BCUT2D eigenvalue weighted by Crippen LogP contribution is -2.40. The highest BCUT2D eigenvalue weighted by molar-refractivity contribution is 6.22. The van der Waals surface area contributed by atoms with Crippen LogP contribution in [0.4, 0.5) is 4.79 Å². The maximum absolute atomic E-state index is 12.5.